The topological polar surface area (TPSA) is 29.3 Å². The molecule has 1 heterocycles. The van der Waals surface area contributed by atoms with Crippen LogP contribution >= 0.6 is 11.6 Å². The molecule has 2 unspecified atom stereocenters. The van der Waals surface area contributed by atoms with Gasteiger partial charge in [0.15, 0.2) is 0 Å². The van der Waals surface area contributed by atoms with Gasteiger partial charge >= 0.3 is 0 Å². The number of rotatable bonds is 1. The first-order chi connectivity index (χ1) is 7.58. The lowest BCUT2D eigenvalue weighted by molar-refractivity contribution is 0.430. The van der Waals surface area contributed by atoms with E-state index in [1.54, 1.807) is 0 Å². The number of hydrogen-bond acceptors (Lipinski definition) is 2. The van der Waals surface area contributed by atoms with Crippen LogP contribution in [0.2, 0.25) is 5.02 Å². The minimum Gasteiger partial charge on any atom is -0.369 e. The molecule has 0 amide bonds. The Morgan fingerprint density at radius 1 is 1.44 bits per heavy atom. The molecule has 0 spiro atoms. The monoisotopic (exact) mass is 238 g/mol. The second-order valence-electron chi connectivity index (χ2n) is 4.76. The van der Waals surface area contributed by atoms with E-state index in [4.69, 9.17) is 17.3 Å². The van der Waals surface area contributed by atoms with Gasteiger partial charge < -0.3 is 10.6 Å². The van der Waals surface area contributed by atoms with Gasteiger partial charge in [0.05, 0.1) is 0 Å². The van der Waals surface area contributed by atoms with Gasteiger partial charge in [0.25, 0.3) is 0 Å². The summed E-state index contributed by atoms with van der Waals surface area (Å²) in [5.74, 6) is 0. The van der Waals surface area contributed by atoms with E-state index in [2.05, 4.69) is 30.0 Å². The zero-order chi connectivity index (χ0) is 11.7. The summed E-state index contributed by atoms with van der Waals surface area (Å²) in [5.41, 5.74) is 8.32. The van der Waals surface area contributed by atoms with Crippen molar-refractivity contribution in [3.63, 3.8) is 0 Å². The fourth-order valence-electron chi connectivity index (χ4n) is 2.35. The quantitative estimate of drug-likeness (QED) is 0.815. The SMILES string of the molecule is Cc1ccc(N2CCC(N)CC2C)cc1Cl. The van der Waals surface area contributed by atoms with Crippen LogP contribution in [0.5, 0.6) is 0 Å². The third kappa shape index (κ3) is 2.33. The maximum Gasteiger partial charge on any atom is 0.0455 e. The molecule has 2 atom stereocenters. The van der Waals surface area contributed by atoms with Crippen LogP contribution in [0.1, 0.15) is 25.3 Å². The fourth-order valence-corrected chi connectivity index (χ4v) is 2.53. The van der Waals surface area contributed by atoms with Gasteiger partial charge in [-0.2, -0.15) is 0 Å². The van der Waals surface area contributed by atoms with Gasteiger partial charge in [-0.3, -0.25) is 0 Å². The van der Waals surface area contributed by atoms with Gasteiger partial charge in [-0.15, -0.1) is 0 Å². The lowest BCUT2D eigenvalue weighted by atomic mass is 9.98. The smallest absolute Gasteiger partial charge is 0.0455 e. The second-order valence-corrected chi connectivity index (χ2v) is 5.17. The minimum absolute atomic E-state index is 0.354. The van der Waals surface area contributed by atoms with E-state index in [-0.39, 0.29) is 0 Å². The maximum absolute atomic E-state index is 6.16. The van der Waals surface area contributed by atoms with Gasteiger partial charge in [0.1, 0.15) is 0 Å². The van der Waals surface area contributed by atoms with E-state index in [1.807, 2.05) is 6.92 Å². The van der Waals surface area contributed by atoms with Gasteiger partial charge in [-0.25, -0.2) is 0 Å². The van der Waals surface area contributed by atoms with Crippen LogP contribution in [0.3, 0.4) is 0 Å². The maximum atomic E-state index is 6.16. The second kappa shape index (κ2) is 4.64. The van der Waals surface area contributed by atoms with Crippen molar-refractivity contribution in [3.05, 3.63) is 28.8 Å². The number of hydrogen-bond donors (Lipinski definition) is 1. The highest BCUT2D eigenvalue weighted by Gasteiger charge is 2.23. The van der Waals surface area contributed by atoms with Crippen molar-refractivity contribution in [2.45, 2.75) is 38.8 Å². The normalized spacial score (nSPS) is 25.9. The molecule has 2 rings (SSSR count). The standard InChI is InChI=1S/C13H19ClN2/c1-9-3-4-12(8-13(9)14)16-6-5-11(15)7-10(16)2/h3-4,8,10-11H,5-7,15H2,1-2H3. The molecule has 2 N–H and O–H groups in total. The highest BCUT2D eigenvalue weighted by atomic mass is 35.5. The largest absolute Gasteiger partial charge is 0.369 e. The molecule has 0 aliphatic carbocycles. The highest BCUT2D eigenvalue weighted by Crippen LogP contribution is 2.28. The summed E-state index contributed by atoms with van der Waals surface area (Å²) < 4.78 is 0. The summed E-state index contributed by atoms with van der Waals surface area (Å²) in [4.78, 5) is 2.40. The zero-order valence-corrected chi connectivity index (χ0v) is 10.7. The van der Waals surface area contributed by atoms with Crippen molar-refractivity contribution in [1.82, 2.24) is 0 Å². The zero-order valence-electron chi connectivity index (χ0n) is 9.91. The summed E-state index contributed by atoms with van der Waals surface area (Å²) in [6.45, 7) is 5.29. The fraction of sp³-hybridized carbons (Fsp3) is 0.538. The number of anilines is 1. The van der Waals surface area contributed by atoms with Gasteiger partial charge in [-0.05, 0) is 44.4 Å². The van der Waals surface area contributed by atoms with Crippen molar-refractivity contribution in [1.29, 1.82) is 0 Å². The third-order valence-corrected chi connectivity index (χ3v) is 3.81. The number of benzene rings is 1. The average Bonchev–Trinajstić information content (AvgIpc) is 2.22. The van der Waals surface area contributed by atoms with Gasteiger partial charge in [-0.1, -0.05) is 17.7 Å². The van der Waals surface area contributed by atoms with Crippen molar-refractivity contribution in [2.75, 3.05) is 11.4 Å². The van der Waals surface area contributed by atoms with Gasteiger partial charge in [0.2, 0.25) is 0 Å². The Bertz CT molecular complexity index is 378. The number of nitrogens with two attached hydrogens (primary N) is 1. The van der Waals surface area contributed by atoms with Gasteiger partial charge in [0, 0.05) is 29.3 Å². The van der Waals surface area contributed by atoms with E-state index >= 15 is 0 Å². The Hall–Kier alpha value is -0.730. The third-order valence-electron chi connectivity index (χ3n) is 3.40. The van der Waals surface area contributed by atoms with Crippen molar-refractivity contribution in [3.8, 4) is 0 Å². The highest BCUT2D eigenvalue weighted by molar-refractivity contribution is 6.31. The van der Waals surface area contributed by atoms with Crippen LogP contribution in [0, 0.1) is 6.92 Å². The minimum atomic E-state index is 0.354. The Labute approximate surface area is 102 Å². The van der Waals surface area contributed by atoms with Crippen LogP contribution < -0.4 is 10.6 Å². The van der Waals surface area contributed by atoms with E-state index < -0.39 is 0 Å². The summed E-state index contributed by atoms with van der Waals surface area (Å²) in [7, 11) is 0. The molecule has 0 saturated carbocycles. The molecule has 0 bridgehead atoms. The Kier molecular flexibility index (Phi) is 3.41. The predicted molar refractivity (Wildman–Crippen MR) is 70.2 cm³/mol. The first-order valence-corrected chi connectivity index (χ1v) is 6.24. The Morgan fingerprint density at radius 2 is 2.19 bits per heavy atom. The molecule has 0 aromatic heterocycles. The summed E-state index contributed by atoms with van der Waals surface area (Å²) in [6.07, 6.45) is 2.13. The molecular formula is C13H19ClN2. The number of aryl methyl sites for hydroxylation is 1. The van der Waals surface area contributed by atoms with Crippen molar-refractivity contribution >= 4 is 17.3 Å². The number of nitrogens with zero attached hydrogens (tertiary/aromatic N) is 1. The molecule has 1 aromatic carbocycles. The van der Waals surface area contributed by atoms with E-state index in [9.17, 15) is 0 Å². The lowest BCUT2D eigenvalue weighted by Gasteiger charge is -2.38. The van der Waals surface area contributed by atoms with Crippen molar-refractivity contribution in [2.24, 2.45) is 5.73 Å². The molecule has 1 saturated heterocycles. The van der Waals surface area contributed by atoms with E-state index in [0.717, 1.165) is 30.0 Å². The summed E-state index contributed by atoms with van der Waals surface area (Å²) in [5, 5.41) is 0.847. The van der Waals surface area contributed by atoms with E-state index in [0.29, 0.717) is 12.1 Å². The molecule has 88 valence electrons. The van der Waals surface area contributed by atoms with Crippen LogP contribution in [0.4, 0.5) is 5.69 Å². The molecule has 1 fully saturated rings. The number of piperidine rings is 1. The average molecular weight is 239 g/mol. The molecule has 16 heavy (non-hydrogen) atoms. The molecule has 1 aromatic rings. The molecule has 2 nitrogen and oxygen atoms in total. The first kappa shape index (κ1) is 11.7. The van der Waals surface area contributed by atoms with Crippen molar-refractivity contribution < 1.29 is 0 Å². The predicted octanol–water partition coefficient (Wildman–Crippen LogP) is 2.96. The summed E-state index contributed by atoms with van der Waals surface area (Å²) >= 11 is 6.16. The molecule has 0 radical (unpaired) electrons. The van der Waals surface area contributed by atoms with Crippen LogP contribution in [-0.4, -0.2) is 18.6 Å². The first-order valence-electron chi connectivity index (χ1n) is 5.86. The van der Waals surface area contributed by atoms with Crippen LogP contribution in [0.15, 0.2) is 18.2 Å². The lowest BCUT2D eigenvalue weighted by Crippen LogP contribution is -2.45. The molecular weight excluding hydrogens is 220 g/mol. The molecule has 1 aliphatic rings. The summed E-state index contributed by atoms with van der Waals surface area (Å²) in [6, 6.07) is 7.15. The molecule has 1 aliphatic heterocycles. The Balaban J connectivity index is 2.20. The van der Waals surface area contributed by atoms with Crippen LogP contribution in [-0.2, 0) is 0 Å². The molecule has 3 heteroatoms. The van der Waals surface area contributed by atoms with Crippen LogP contribution in [0.25, 0.3) is 0 Å². The Morgan fingerprint density at radius 3 is 2.81 bits per heavy atom. The van der Waals surface area contributed by atoms with E-state index in [1.165, 1.54) is 5.69 Å². The number of halogens is 1.